The summed E-state index contributed by atoms with van der Waals surface area (Å²) in [7, 11) is 0. The van der Waals surface area contributed by atoms with Crippen LogP contribution in [-0.4, -0.2) is 16.7 Å². The number of rotatable bonds is 3. The zero-order valence-corrected chi connectivity index (χ0v) is 30.6. The molecule has 2 aromatic heterocycles. The van der Waals surface area contributed by atoms with Crippen LogP contribution in [-0.2, 0) is 20.1 Å². The van der Waals surface area contributed by atoms with Crippen molar-refractivity contribution in [1.82, 2.24) is 9.97 Å². The van der Waals surface area contributed by atoms with Crippen LogP contribution in [0.4, 0.5) is 0 Å². The summed E-state index contributed by atoms with van der Waals surface area (Å²) in [6, 6.07) is 45.9. The van der Waals surface area contributed by atoms with E-state index in [1.54, 1.807) is 0 Å². The van der Waals surface area contributed by atoms with E-state index in [1.807, 2.05) is 60.9 Å². The van der Waals surface area contributed by atoms with E-state index in [-0.39, 0.29) is 26.8 Å². The van der Waals surface area contributed by atoms with E-state index >= 15 is 0 Å². The Kier molecular flexibility index (Phi) is 9.24. The number of fused-ring (bicyclic) bond motifs is 4. The molecule has 0 atom stereocenters. The number of nitrogens with zero attached hydrogens (tertiary/aromatic N) is 2. The van der Waals surface area contributed by atoms with Gasteiger partial charge < -0.3 is 19.4 Å². The van der Waals surface area contributed by atoms with E-state index in [4.69, 9.17) is 9.47 Å². The molecule has 0 saturated carbocycles. The Balaban J connectivity index is 0.000000161. The molecule has 7 aromatic rings. The predicted octanol–water partition coefficient (Wildman–Crippen LogP) is 8.72. The van der Waals surface area contributed by atoms with Gasteiger partial charge in [-0.1, -0.05) is 95.9 Å². The molecule has 0 bridgehead atoms. The summed E-state index contributed by atoms with van der Waals surface area (Å²) in [5.74, 6) is 3.41. The molecule has 1 radical (unpaired) electrons. The van der Waals surface area contributed by atoms with Gasteiger partial charge in [0.05, 0.1) is 0 Å². The molecule has 0 spiro atoms. The van der Waals surface area contributed by atoms with Crippen LogP contribution >= 0.6 is 0 Å². The molecule has 4 nitrogen and oxygen atoms in total. The van der Waals surface area contributed by atoms with Gasteiger partial charge in [-0.25, -0.2) is 0 Å². The third-order valence-electron chi connectivity index (χ3n) is 9.33. The predicted molar refractivity (Wildman–Crippen MR) is 199 cm³/mol. The van der Waals surface area contributed by atoms with Gasteiger partial charge >= 0.3 is 0 Å². The molecule has 0 saturated heterocycles. The Morgan fingerprint density at radius 2 is 1.38 bits per heavy atom. The number of para-hydroxylation sites is 1. The summed E-state index contributed by atoms with van der Waals surface area (Å²) in [6.45, 7) is 8.46. The molecule has 2 aliphatic rings. The van der Waals surface area contributed by atoms with E-state index in [1.165, 1.54) is 27.8 Å². The van der Waals surface area contributed by atoms with Crippen LogP contribution in [0.3, 0.4) is 0 Å². The Bertz CT molecular complexity index is 2360. The van der Waals surface area contributed by atoms with Crippen molar-refractivity contribution in [1.29, 1.82) is 0 Å². The van der Waals surface area contributed by atoms with Gasteiger partial charge in [0.1, 0.15) is 17.2 Å². The van der Waals surface area contributed by atoms with Crippen LogP contribution in [0.25, 0.3) is 33.6 Å². The van der Waals surface area contributed by atoms with Gasteiger partial charge in [-0.3, -0.25) is 0 Å². The third-order valence-corrected chi connectivity index (χ3v) is 9.33. The van der Waals surface area contributed by atoms with Gasteiger partial charge in [0.25, 0.3) is 0 Å². The normalized spacial score (nSPS) is 11.7. The van der Waals surface area contributed by atoms with Crippen LogP contribution < -0.4 is 25.9 Å². The molecule has 5 aromatic carbocycles. The number of pyridine rings is 2. The van der Waals surface area contributed by atoms with Crippen LogP contribution in [0.15, 0.2) is 128 Å². The molecule has 0 N–H and O–H groups in total. The Morgan fingerprint density at radius 3 is 2.18 bits per heavy atom. The van der Waals surface area contributed by atoms with Crippen molar-refractivity contribution in [2.24, 2.45) is 0 Å². The molecule has 0 amide bonds. The monoisotopic (exact) mass is 825 g/mol. The molecular weight excluding hydrogens is 792 g/mol. The zero-order valence-electron chi connectivity index (χ0n) is 28.2. The fourth-order valence-corrected chi connectivity index (χ4v) is 6.62. The minimum atomic E-state index is 0. The van der Waals surface area contributed by atoms with Crippen molar-refractivity contribution in [2.45, 2.75) is 27.7 Å². The smallest absolute Gasteiger partial charge is 0.241 e. The quantitative estimate of drug-likeness (QED) is 0.132. The van der Waals surface area contributed by atoms with Crippen LogP contribution in [0.2, 0.25) is 0 Å². The Morgan fingerprint density at radius 1 is 0.620 bits per heavy atom. The molecular formula is C44H33BIrN2O2-2. The largest absolute Gasteiger partial charge is 0.503 e. The third kappa shape index (κ3) is 6.17. The summed E-state index contributed by atoms with van der Waals surface area (Å²) < 4.78 is 12.6. The van der Waals surface area contributed by atoms with Crippen LogP contribution in [0, 0.1) is 39.8 Å². The average molecular weight is 825 g/mol. The molecule has 2 aliphatic heterocycles. The van der Waals surface area contributed by atoms with Crippen LogP contribution in [0.5, 0.6) is 23.0 Å². The maximum absolute atomic E-state index is 6.41. The van der Waals surface area contributed by atoms with Crippen molar-refractivity contribution in [2.75, 3.05) is 0 Å². The minimum absolute atomic E-state index is 0. The van der Waals surface area contributed by atoms with E-state index < -0.39 is 0 Å². The second-order valence-electron chi connectivity index (χ2n) is 12.7. The first-order valence-corrected chi connectivity index (χ1v) is 16.5. The van der Waals surface area contributed by atoms with Gasteiger partial charge in [0, 0.05) is 43.7 Å². The topological polar surface area (TPSA) is 44.2 Å². The maximum Gasteiger partial charge on any atom is 0.241 e. The van der Waals surface area contributed by atoms with Crippen molar-refractivity contribution < 1.29 is 29.6 Å². The molecule has 0 aliphatic carbocycles. The number of benzene rings is 5. The second-order valence-corrected chi connectivity index (χ2v) is 12.7. The average Bonchev–Trinajstić information content (AvgIpc) is 3.13. The second kappa shape index (κ2) is 13.9. The number of aromatic nitrogens is 2. The van der Waals surface area contributed by atoms with Gasteiger partial charge in [0.15, 0.2) is 0 Å². The zero-order chi connectivity index (χ0) is 33.5. The van der Waals surface area contributed by atoms with Crippen molar-refractivity contribution >= 4 is 23.1 Å². The van der Waals surface area contributed by atoms with Gasteiger partial charge in [-0.2, -0.15) is 0 Å². The molecule has 50 heavy (non-hydrogen) atoms. The van der Waals surface area contributed by atoms with E-state index in [0.717, 1.165) is 67.5 Å². The molecule has 0 unspecified atom stereocenters. The standard InChI is InChI=1S/C24H15BNO2.C20H18N.Ir/c1-15-12-13-26-19(14-15)16-6-4-8-18-24(16)28-22-11-5-10-21-23(22)25(18)17-7-2-3-9-20(17)27-21;1-14-9-10-18(20-11-15(2)16(3)13-21-20)12-19(14)17-7-5-4-6-8-17;/h2-5,7-14H,1H3;4-9,11-13H,1-3H3;/q2*-1;. The van der Waals surface area contributed by atoms with Gasteiger partial charge in [-0.15, -0.1) is 53.0 Å². The maximum atomic E-state index is 6.41. The fourth-order valence-electron chi connectivity index (χ4n) is 6.62. The van der Waals surface area contributed by atoms with E-state index in [0.29, 0.717) is 0 Å². The number of hydrogen-bond donors (Lipinski definition) is 0. The summed E-state index contributed by atoms with van der Waals surface area (Å²) in [6.07, 6.45) is 3.76. The Labute approximate surface area is 307 Å². The summed E-state index contributed by atoms with van der Waals surface area (Å²) in [4.78, 5) is 9.11. The van der Waals surface area contributed by atoms with E-state index in [9.17, 15) is 0 Å². The summed E-state index contributed by atoms with van der Waals surface area (Å²) in [5, 5.41) is 0. The first kappa shape index (κ1) is 33.2. The first-order valence-electron chi connectivity index (χ1n) is 16.5. The number of aryl methyl sites for hydroxylation is 4. The van der Waals surface area contributed by atoms with Crippen molar-refractivity contribution in [3.63, 3.8) is 0 Å². The number of hydrogen-bond acceptors (Lipinski definition) is 4. The van der Waals surface area contributed by atoms with Gasteiger partial charge in [-0.05, 0) is 73.0 Å². The molecule has 4 heterocycles. The SMILES string of the molecule is Cc1ccnc(-c2[c-]ccc3c2Oc2cccc4c2B3c2ccccc2O4)c1.Cc1cnc(-c2[c-]cc(C)c(-c3ccccc3)c2)cc1C.[Ir]. The molecule has 6 heteroatoms. The van der Waals surface area contributed by atoms with Crippen LogP contribution in [0.1, 0.15) is 22.3 Å². The fraction of sp³-hybridized carbons (Fsp3) is 0.0909. The van der Waals surface area contributed by atoms with E-state index in [2.05, 4.69) is 117 Å². The summed E-state index contributed by atoms with van der Waals surface area (Å²) in [5.41, 5.74) is 14.5. The van der Waals surface area contributed by atoms with Crippen molar-refractivity contribution in [3.8, 4) is 56.6 Å². The molecule has 245 valence electrons. The summed E-state index contributed by atoms with van der Waals surface area (Å²) >= 11 is 0. The minimum Gasteiger partial charge on any atom is -0.503 e. The molecule has 9 rings (SSSR count). The number of ether oxygens (including phenoxy) is 2. The van der Waals surface area contributed by atoms with Gasteiger partial charge in [0.2, 0.25) is 6.71 Å². The Hall–Kier alpha value is -5.29. The first-order chi connectivity index (χ1) is 23.9. The molecule has 0 fully saturated rings. The van der Waals surface area contributed by atoms with Crippen molar-refractivity contribution in [3.05, 3.63) is 162 Å².